The first-order valence-corrected chi connectivity index (χ1v) is 6.27. The minimum absolute atomic E-state index is 0.114. The van der Waals surface area contributed by atoms with Crippen molar-refractivity contribution in [2.75, 3.05) is 13.2 Å². The highest BCUT2D eigenvalue weighted by Gasteiger charge is 2.08. The van der Waals surface area contributed by atoms with Gasteiger partial charge in [0.05, 0.1) is 6.42 Å². The summed E-state index contributed by atoms with van der Waals surface area (Å²) in [7, 11) is 0. The quantitative estimate of drug-likeness (QED) is 0.779. The number of benzene rings is 1. The molecular weight excluding hydrogens is 233 g/mol. The van der Waals surface area contributed by atoms with Crippen molar-refractivity contribution >= 4 is 5.91 Å². The molecule has 1 rings (SSSR count). The van der Waals surface area contributed by atoms with Gasteiger partial charge in [0.1, 0.15) is 5.82 Å². The van der Waals surface area contributed by atoms with Crippen LogP contribution in [0.2, 0.25) is 0 Å². The Hall–Kier alpha value is -1.42. The predicted octanol–water partition coefficient (Wildman–Crippen LogP) is 1.89. The van der Waals surface area contributed by atoms with Crippen LogP contribution in [0.1, 0.15) is 25.3 Å². The number of nitrogens with one attached hydrogen (secondary N) is 1. The van der Waals surface area contributed by atoms with Crippen molar-refractivity contribution in [1.29, 1.82) is 0 Å². The topological polar surface area (TPSA) is 49.3 Å². The molecule has 0 saturated heterocycles. The molecule has 100 valence electrons. The Morgan fingerprint density at radius 3 is 2.89 bits per heavy atom. The van der Waals surface area contributed by atoms with E-state index >= 15 is 0 Å². The van der Waals surface area contributed by atoms with Gasteiger partial charge in [0.25, 0.3) is 0 Å². The van der Waals surface area contributed by atoms with Gasteiger partial charge in [0, 0.05) is 13.2 Å². The zero-order valence-corrected chi connectivity index (χ0v) is 10.7. The van der Waals surface area contributed by atoms with Crippen LogP contribution in [0.4, 0.5) is 4.39 Å². The summed E-state index contributed by atoms with van der Waals surface area (Å²) in [4.78, 5) is 11.7. The SMILES string of the molecule is CCC(CCO)CNC(=O)Cc1cccc(F)c1. The second-order valence-electron chi connectivity index (χ2n) is 4.40. The van der Waals surface area contributed by atoms with Crippen molar-refractivity contribution in [3.8, 4) is 0 Å². The van der Waals surface area contributed by atoms with Gasteiger partial charge in [-0.3, -0.25) is 4.79 Å². The van der Waals surface area contributed by atoms with E-state index in [2.05, 4.69) is 5.32 Å². The van der Waals surface area contributed by atoms with Gasteiger partial charge in [0.15, 0.2) is 0 Å². The Morgan fingerprint density at radius 1 is 1.50 bits per heavy atom. The van der Waals surface area contributed by atoms with Crippen LogP contribution in [0.15, 0.2) is 24.3 Å². The molecule has 0 aliphatic carbocycles. The number of rotatable bonds is 7. The van der Waals surface area contributed by atoms with E-state index in [4.69, 9.17) is 5.11 Å². The lowest BCUT2D eigenvalue weighted by atomic mass is 10.0. The maximum absolute atomic E-state index is 12.9. The second-order valence-corrected chi connectivity index (χ2v) is 4.40. The smallest absolute Gasteiger partial charge is 0.224 e. The molecular formula is C14H20FNO2. The number of hydrogen-bond donors (Lipinski definition) is 2. The third-order valence-electron chi connectivity index (χ3n) is 2.96. The average Bonchev–Trinajstić information content (AvgIpc) is 2.34. The van der Waals surface area contributed by atoms with Crippen molar-refractivity contribution in [3.05, 3.63) is 35.6 Å². The first-order chi connectivity index (χ1) is 8.65. The fraction of sp³-hybridized carbons (Fsp3) is 0.500. The predicted molar refractivity (Wildman–Crippen MR) is 68.6 cm³/mol. The molecule has 18 heavy (non-hydrogen) atoms. The molecule has 1 aromatic rings. The zero-order valence-electron chi connectivity index (χ0n) is 10.7. The number of aliphatic hydroxyl groups excluding tert-OH is 1. The first-order valence-electron chi connectivity index (χ1n) is 6.27. The summed E-state index contributed by atoms with van der Waals surface area (Å²) in [6, 6.07) is 6.05. The van der Waals surface area contributed by atoms with E-state index in [1.165, 1.54) is 12.1 Å². The van der Waals surface area contributed by atoms with Crippen LogP contribution in [0.3, 0.4) is 0 Å². The molecule has 0 spiro atoms. The Balaban J connectivity index is 2.37. The summed E-state index contributed by atoms with van der Waals surface area (Å²) < 4.78 is 12.9. The van der Waals surface area contributed by atoms with Gasteiger partial charge in [0.2, 0.25) is 5.91 Å². The summed E-state index contributed by atoms with van der Waals surface area (Å²) in [5, 5.41) is 11.7. The van der Waals surface area contributed by atoms with Gasteiger partial charge >= 0.3 is 0 Å². The van der Waals surface area contributed by atoms with E-state index in [-0.39, 0.29) is 24.8 Å². The highest BCUT2D eigenvalue weighted by Crippen LogP contribution is 2.07. The van der Waals surface area contributed by atoms with Crippen LogP contribution in [-0.2, 0) is 11.2 Å². The Labute approximate surface area is 107 Å². The lowest BCUT2D eigenvalue weighted by Crippen LogP contribution is -2.30. The standard InChI is InChI=1S/C14H20FNO2/c1-2-11(6-7-17)10-16-14(18)9-12-4-3-5-13(15)8-12/h3-5,8,11,17H,2,6-7,9-10H2,1H3,(H,16,18). The minimum Gasteiger partial charge on any atom is -0.396 e. The minimum atomic E-state index is -0.327. The molecule has 1 atom stereocenters. The third kappa shape index (κ3) is 5.27. The molecule has 4 heteroatoms. The summed E-state index contributed by atoms with van der Waals surface area (Å²) >= 11 is 0. The van der Waals surface area contributed by atoms with Crippen molar-refractivity contribution in [2.24, 2.45) is 5.92 Å². The molecule has 0 aliphatic rings. The molecule has 0 heterocycles. The van der Waals surface area contributed by atoms with Gasteiger partial charge in [-0.2, -0.15) is 0 Å². The maximum atomic E-state index is 12.9. The third-order valence-corrected chi connectivity index (χ3v) is 2.96. The lowest BCUT2D eigenvalue weighted by molar-refractivity contribution is -0.120. The van der Waals surface area contributed by atoms with Crippen molar-refractivity contribution in [3.63, 3.8) is 0 Å². The molecule has 3 nitrogen and oxygen atoms in total. The Morgan fingerprint density at radius 2 is 2.28 bits per heavy atom. The molecule has 0 fully saturated rings. The first kappa shape index (κ1) is 14.6. The normalized spacial score (nSPS) is 12.2. The van der Waals surface area contributed by atoms with Crippen LogP contribution in [0, 0.1) is 11.7 Å². The Kier molecular flexibility index (Phi) is 6.36. The number of amides is 1. The van der Waals surface area contributed by atoms with Crippen LogP contribution in [0.5, 0.6) is 0 Å². The summed E-state index contributed by atoms with van der Waals surface area (Å²) in [5.41, 5.74) is 0.669. The van der Waals surface area contributed by atoms with Crippen LogP contribution >= 0.6 is 0 Å². The number of halogens is 1. The van der Waals surface area contributed by atoms with Crippen LogP contribution in [-0.4, -0.2) is 24.2 Å². The van der Waals surface area contributed by atoms with E-state index in [1.54, 1.807) is 12.1 Å². The van der Waals surface area contributed by atoms with Crippen LogP contribution < -0.4 is 5.32 Å². The average molecular weight is 253 g/mol. The number of aliphatic hydroxyl groups is 1. The molecule has 2 N–H and O–H groups in total. The molecule has 1 unspecified atom stereocenters. The number of carbonyl (C=O) groups excluding carboxylic acids is 1. The monoisotopic (exact) mass is 253 g/mol. The van der Waals surface area contributed by atoms with E-state index in [0.717, 1.165) is 6.42 Å². The fourth-order valence-corrected chi connectivity index (χ4v) is 1.79. The molecule has 1 aromatic carbocycles. The van der Waals surface area contributed by atoms with Gasteiger partial charge in [-0.1, -0.05) is 25.5 Å². The molecule has 0 aromatic heterocycles. The van der Waals surface area contributed by atoms with Crippen molar-refractivity contribution < 1.29 is 14.3 Å². The van der Waals surface area contributed by atoms with Crippen molar-refractivity contribution in [1.82, 2.24) is 5.32 Å². The molecule has 0 aliphatic heterocycles. The maximum Gasteiger partial charge on any atom is 0.224 e. The zero-order chi connectivity index (χ0) is 13.4. The number of hydrogen-bond acceptors (Lipinski definition) is 2. The summed E-state index contributed by atoms with van der Waals surface area (Å²) in [6.07, 6.45) is 1.80. The highest BCUT2D eigenvalue weighted by atomic mass is 19.1. The molecule has 0 saturated carbocycles. The summed E-state index contributed by atoms with van der Waals surface area (Å²) in [5.74, 6) is -0.143. The van der Waals surface area contributed by atoms with Gasteiger partial charge in [-0.15, -0.1) is 0 Å². The van der Waals surface area contributed by atoms with Gasteiger partial charge in [-0.25, -0.2) is 4.39 Å². The van der Waals surface area contributed by atoms with Crippen LogP contribution in [0.25, 0.3) is 0 Å². The van der Waals surface area contributed by atoms with Crippen molar-refractivity contribution in [2.45, 2.75) is 26.2 Å². The van der Waals surface area contributed by atoms with Gasteiger partial charge < -0.3 is 10.4 Å². The molecule has 0 radical (unpaired) electrons. The van der Waals surface area contributed by atoms with Gasteiger partial charge in [-0.05, 0) is 30.0 Å². The van der Waals surface area contributed by atoms with E-state index in [1.807, 2.05) is 6.92 Å². The second kappa shape index (κ2) is 7.82. The van der Waals surface area contributed by atoms with E-state index in [0.29, 0.717) is 24.4 Å². The Bertz CT molecular complexity index is 382. The largest absolute Gasteiger partial charge is 0.396 e. The van der Waals surface area contributed by atoms with E-state index in [9.17, 15) is 9.18 Å². The molecule has 1 amide bonds. The number of carbonyl (C=O) groups is 1. The van der Waals surface area contributed by atoms with E-state index < -0.39 is 0 Å². The summed E-state index contributed by atoms with van der Waals surface area (Å²) in [6.45, 7) is 2.72. The lowest BCUT2D eigenvalue weighted by Gasteiger charge is -2.14. The molecule has 0 bridgehead atoms. The fourth-order valence-electron chi connectivity index (χ4n) is 1.79. The highest BCUT2D eigenvalue weighted by molar-refractivity contribution is 5.78.